The first-order chi connectivity index (χ1) is 11.4. The minimum Gasteiger partial charge on any atom is -0.312 e. The van der Waals surface area contributed by atoms with E-state index >= 15 is 0 Å². The highest BCUT2D eigenvalue weighted by molar-refractivity contribution is 7.99. The molecule has 0 atom stereocenters. The van der Waals surface area contributed by atoms with Crippen LogP contribution in [0.2, 0.25) is 0 Å². The van der Waals surface area contributed by atoms with Gasteiger partial charge in [0.05, 0.1) is 11.3 Å². The quantitative estimate of drug-likeness (QED) is 0.534. The van der Waals surface area contributed by atoms with Gasteiger partial charge in [-0.05, 0) is 12.1 Å². The first-order valence-corrected chi connectivity index (χ1v) is 7.80. The molecule has 3 heterocycles. The minimum absolute atomic E-state index is 0.187. The monoisotopic (exact) mass is 348 g/mol. The fourth-order valence-electron chi connectivity index (χ4n) is 2.27. The smallest absolute Gasteiger partial charge is 0.312 e. The van der Waals surface area contributed by atoms with Crippen molar-refractivity contribution in [3.8, 4) is 23.7 Å². The van der Waals surface area contributed by atoms with Gasteiger partial charge in [0.25, 0.3) is 0 Å². The molecule has 24 heavy (non-hydrogen) atoms. The van der Waals surface area contributed by atoms with Crippen LogP contribution in [0.3, 0.4) is 0 Å². The summed E-state index contributed by atoms with van der Waals surface area (Å²) in [4.78, 5) is 13.1. The highest BCUT2D eigenvalue weighted by atomic mass is 32.2. The lowest BCUT2D eigenvalue weighted by atomic mass is 10.2. The standard InChI is InChI=1S/C16H11F3N4S/c1-3-6-24-13-9-20-5-4-11(13)14-22-12-7-10(16(17,18)19)8-21-15(12)23(14)2/h1,4-5,7-9H,6H2,2H3. The van der Waals surface area contributed by atoms with Gasteiger partial charge in [-0.3, -0.25) is 4.98 Å². The number of aryl methyl sites for hydroxylation is 1. The van der Waals surface area contributed by atoms with Crippen LogP contribution < -0.4 is 0 Å². The van der Waals surface area contributed by atoms with Crippen molar-refractivity contribution in [3.63, 3.8) is 0 Å². The van der Waals surface area contributed by atoms with Gasteiger partial charge < -0.3 is 4.57 Å². The van der Waals surface area contributed by atoms with E-state index in [0.29, 0.717) is 17.2 Å². The van der Waals surface area contributed by atoms with Gasteiger partial charge in [0.1, 0.15) is 11.3 Å². The number of hydrogen-bond acceptors (Lipinski definition) is 4. The fourth-order valence-corrected chi connectivity index (χ4v) is 2.96. The molecule has 0 bridgehead atoms. The van der Waals surface area contributed by atoms with Crippen molar-refractivity contribution in [1.82, 2.24) is 19.5 Å². The third-order valence-electron chi connectivity index (χ3n) is 3.37. The Balaban J connectivity index is 2.15. The van der Waals surface area contributed by atoms with Crippen molar-refractivity contribution in [2.75, 3.05) is 5.75 Å². The van der Waals surface area contributed by atoms with Crippen LogP contribution in [0.25, 0.3) is 22.6 Å². The molecule has 0 unspecified atom stereocenters. The molecule has 0 N–H and O–H groups in total. The Morgan fingerprint density at radius 2 is 2.12 bits per heavy atom. The van der Waals surface area contributed by atoms with Gasteiger partial charge in [-0.15, -0.1) is 18.2 Å². The summed E-state index contributed by atoms with van der Waals surface area (Å²) in [5.41, 5.74) is 0.491. The van der Waals surface area contributed by atoms with E-state index < -0.39 is 11.7 Å². The molecule has 0 fully saturated rings. The van der Waals surface area contributed by atoms with Gasteiger partial charge in [-0.2, -0.15) is 13.2 Å². The highest BCUT2D eigenvalue weighted by Gasteiger charge is 2.31. The lowest BCUT2D eigenvalue weighted by Gasteiger charge is -2.07. The zero-order chi connectivity index (χ0) is 17.3. The van der Waals surface area contributed by atoms with Crippen LogP contribution in [-0.4, -0.2) is 25.3 Å². The summed E-state index contributed by atoms with van der Waals surface area (Å²) in [6.07, 6.45) is 4.90. The first kappa shape index (κ1) is 16.3. The number of terminal acetylenes is 1. The molecule has 8 heteroatoms. The van der Waals surface area contributed by atoms with E-state index in [-0.39, 0.29) is 5.52 Å². The number of thioether (sulfide) groups is 1. The third-order valence-corrected chi connectivity index (χ3v) is 4.32. The third kappa shape index (κ3) is 2.95. The van der Waals surface area contributed by atoms with Gasteiger partial charge in [0, 0.05) is 36.1 Å². The molecule has 0 saturated heterocycles. The summed E-state index contributed by atoms with van der Waals surface area (Å²) < 4.78 is 40.2. The van der Waals surface area contributed by atoms with Crippen molar-refractivity contribution < 1.29 is 13.2 Å². The van der Waals surface area contributed by atoms with Crippen LogP contribution in [0.5, 0.6) is 0 Å². The SMILES string of the molecule is C#CCSc1cnccc1-c1nc2cc(C(F)(F)F)cnc2n1C. The molecule has 4 nitrogen and oxygen atoms in total. The molecule has 3 aromatic heterocycles. The average Bonchev–Trinajstić information content (AvgIpc) is 2.89. The number of halogens is 3. The number of pyridine rings is 2. The summed E-state index contributed by atoms with van der Waals surface area (Å²) in [7, 11) is 1.71. The highest BCUT2D eigenvalue weighted by Crippen LogP contribution is 2.33. The largest absolute Gasteiger partial charge is 0.417 e. The van der Waals surface area contributed by atoms with E-state index in [0.717, 1.165) is 22.7 Å². The molecule has 0 amide bonds. The second-order valence-corrected chi connectivity index (χ2v) is 5.94. The van der Waals surface area contributed by atoms with E-state index in [9.17, 15) is 13.2 Å². The lowest BCUT2D eigenvalue weighted by molar-refractivity contribution is -0.137. The fraction of sp³-hybridized carbons (Fsp3) is 0.188. The van der Waals surface area contributed by atoms with E-state index in [1.807, 2.05) is 0 Å². The summed E-state index contributed by atoms with van der Waals surface area (Å²) in [6, 6.07) is 2.76. The maximum Gasteiger partial charge on any atom is 0.417 e. The van der Waals surface area contributed by atoms with Gasteiger partial charge in [-0.1, -0.05) is 5.92 Å². The van der Waals surface area contributed by atoms with Crippen molar-refractivity contribution in [1.29, 1.82) is 0 Å². The maximum absolute atomic E-state index is 12.8. The number of fused-ring (bicyclic) bond motifs is 1. The van der Waals surface area contributed by atoms with Gasteiger partial charge >= 0.3 is 6.18 Å². The zero-order valence-corrected chi connectivity index (χ0v) is 13.3. The Hall–Kier alpha value is -2.53. The van der Waals surface area contributed by atoms with Gasteiger partial charge in [0.2, 0.25) is 0 Å². The molecule has 3 rings (SSSR count). The Morgan fingerprint density at radius 3 is 2.83 bits per heavy atom. The number of hydrogen-bond donors (Lipinski definition) is 0. The van der Waals surface area contributed by atoms with Crippen LogP contribution in [0.15, 0.2) is 35.6 Å². The molecule has 0 aliphatic carbocycles. The maximum atomic E-state index is 12.8. The summed E-state index contributed by atoms with van der Waals surface area (Å²) >= 11 is 1.42. The molecule has 0 aliphatic rings. The van der Waals surface area contributed by atoms with Gasteiger partial charge in [-0.25, -0.2) is 9.97 Å². The van der Waals surface area contributed by atoms with Crippen LogP contribution >= 0.6 is 11.8 Å². The minimum atomic E-state index is -4.46. The topological polar surface area (TPSA) is 43.6 Å². The molecule has 0 radical (unpaired) electrons. The molecule has 122 valence electrons. The number of aromatic nitrogens is 4. The number of imidazole rings is 1. The molecular formula is C16H11F3N4S. The van der Waals surface area contributed by atoms with Crippen LogP contribution in [0.1, 0.15) is 5.56 Å². The molecule has 0 spiro atoms. The Bertz CT molecular complexity index is 941. The predicted octanol–water partition coefficient (Wildman–Crippen LogP) is 3.77. The van der Waals surface area contributed by atoms with E-state index in [1.165, 1.54) is 11.8 Å². The van der Waals surface area contributed by atoms with Crippen molar-refractivity contribution in [3.05, 3.63) is 36.3 Å². The second kappa shape index (κ2) is 6.17. The lowest BCUT2D eigenvalue weighted by Crippen LogP contribution is -2.05. The second-order valence-electron chi connectivity index (χ2n) is 4.92. The average molecular weight is 348 g/mol. The Morgan fingerprint density at radius 1 is 1.33 bits per heavy atom. The summed E-state index contributed by atoms with van der Waals surface area (Å²) in [5, 5.41) is 0. The Kier molecular flexibility index (Phi) is 4.20. The molecule has 3 aromatic rings. The zero-order valence-electron chi connectivity index (χ0n) is 12.5. The first-order valence-electron chi connectivity index (χ1n) is 6.82. The molecular weight excluding hydrogens is 337 g/mol. The number of alkyl halides is 3. The van der Waals surface area contributed by atoms with E-state index in [2.05, 4.69) is 20.9 Å². The molecule has 0 aliphatic heterocycles. The van der Waals surface area contributed by atoms with Crippen molar-refractivity contribution >= 4 is 22.9 Å². The Labute approximate surface area is 140 Å². The molecule has 0 saturated carbocycles. The van der Waals surface area contributed by atoms with E-state index in [1.54, 1.807) is 30.1 Å². The van der Waals surface area contributed by atoms with E-state index in [4.69, 9.17) is 6.42 Å². The number of nitrogens with zero attached hydrogens (tertiary/aromatic N) is 4. The van der Waals surface area contributed by atoms with Gasteiger partial charge in [0.15, 0.2) is 5.65 Å². The van der Waals surface area contributed by atoms with Crippen LogP contribution in [-0.2, 0) is 13.2 Å². The predicted molar refractivity (Wildman–Crippen MR) is 86.3 cm³/mol. The summed E-state index contributed by atoms with van der Waals surface area (Å²) in [5.74, 6) is 3.50. The summed E-state index contributed by atoms with van der Waals surface area (Å²) in [6.45, 7) is 0. The normalized spacial score (nSPS) is 11.6. The number of rotatable bonds is 3. The van der Waals surface area contributed by atoms with Crippen LogP contribution in [0, 0.1) is 12.3 Å². The van der Waals surface area contributed by atoms with Crippen LogP contribution in [0.4, 0.5) is 13.2 Å². The molecule has 0 aromatic carbocycles. The van der Waals surface area contributed by atoms with Crippen molar-refractivity contribution in [2.45, 2.75) is 11.1 Å². The van der Waals surface area contributed by atoms with Crippen molar-refractivity contribution in [2.24, 2.45) is 7.05 Å².